The van der Waals surface area contributed by atoms with Crippen molar-refractivity contribution in [3.63, 3.8) is 0 Å². The summed E-state index contributed by atoms with van der Waals surface area (Å²) in [6.45, 7) is 6.56. The number of hydrogen-bond donors (Lipinski definition) is 0. The maximum atomic E-state index is 2.37. The summed E-state index contributed by atoms with van der Waals surface area (Å²) in [5.41, 5.74) is 1.33. The van der Waals surface area contributed by atoms with Gasteiger partial charge in [0.1, 0.15) is 0 Å². The Morgan fingerprint density at radius 2 is 1.85 bits per heavy atom. The van der Waals surface area contributed by atoms with Crippen LogP contribution in [0.4, 0.5) is 0 Å². The predicted molar refractivity (Wildman–Crippen MR) is 58.5 cm³/mol. The zero-order chi connectivity index (χ0) is 9.52. The maximum absolute atomic E-state index is 2.37. The molecule has 0 spiro atoms. The second-order valence-corrected chi connectivity index (χ2v) is 3.17. The van der Waals surface area contributed by atoms with Crippen molar-refractivity contribution in [1.82, 2.24) is 4.90 Å². The van der Waals surface area contributed by atoms with Crippen molar-refractivity contribution < 1.29 is 0 Å². The molecule has 0 radical (unpaired) electrons. The van der Waals surface area contributed by atoms with Crippen molar-refractivity contribution in [2.45, 2.75) is 26.7 Å². The second kappa shape index (κ2) is 5.63. The third-order valence-electron chi connectivity index (χ3n) is 2.32. The Morgan fingerprint density at radius 1 is 1.15 bits per heavy atom. The molecule has 0 saturated heterocycles. The van der Waals surface area contributed by atoms with E-state index in [-0.39, 0.29) is 0 Å². The van der Waals surface area contributed by atoms with Crippen molar-refractivity contribution >= 4 is 0 Å². The molecule has 1 rings (SSSR count). The topological polar surface area (TPSA) is 3.24 Å². The molecule has 0 saturated carbocycles. The summed E-state index contributed by atoms with van der Waals surface area (Å²) in [5, 5.41) is 0. The highest BCUT2D eigenvalue weighted by molar-refractivity contribution is 5.24. The molecule has 0 aromatic carbocycles. The average molecular weight is 177 g/mol. The third kappa shape index (κ3) is 3.10. The van der Waals surface area contributed by atoms with E-state index in [4.69, 9.17) is 0 Å². The molecular weight excluding hydrogens is 158 g/mol. The van der Waals surface area contributed by atoms with E-state index in [0.29, 0.717) is 0 Å². The second-order valence-electron chi connectivity index (χ2n) is 3.17. The lowest BCUT2D eigenvalue weighted by molar-refractivity contribution is 0.394. The first-order chi connectivity index (χ1) is 6.38. The molecule has 0 amide bonds. The largest absolute Gasteiger partial charge is 0.372 e. The summed E-state index contributed by atoms with van der Waals surface area (Å²) in [5.74, 6) is 0. The molecule has 0 atom stereocenters. The van der Waals surface area contributed by atoms with Gasteiger partial charge in [-0.25, -0.2) is 0 Å². The third-order valence-corrected chi connectivity index (χ3v) is 2.32. The van der Waals surface area contributed by atoms with Crippen LogP contribution < -0.4 is 0 Å². The number of rotatable bonds is 3. The molecule has 0 heterocycles. The van der Waals surface area contributed by atoms with Gasteiger partial charge in [0.25, 0.3) is 0 Å². The van der Waals surface area contributed by atoms with Crippen LogP contribution in [-0.4, -0.2) is 18.0 Å². The van der Waals surface area contributed by atoms with Gasteiger partial charge in [0.05, 0.1) is 0 Å². The molecule has 0 bridgehead atoms. The fourth-order valence-electron chi connectivity index (χ4n) is 1.51. The molecule has 1 aliphatic carbocycles. The number of hydrogen-bond acceptors (Lipinski definition) is 1. The Balaban J connectivity index is 2.73. The van der Waals surface area contributed by atoms with Crippen LogP contribution in [-0.2, 0) is 0 Å². The van der Waals surface area contributed by atoms with E-state index in [2.05, 4.69) is 49.1 Å². The Kier molecular flexibility index (Phi) is 4.37. The Labute approximate surface area is 81.4 Å². The van der Waals surface area contributed by atoms with Gasteiger partial charge in [-0.05, 0) is 38.8 Å². The summed E-state index contributed by atoms with van der Waals surface area (Å²) in [4.78, 5) is 2.37. The number of likely N-dealkylation sites (N-methyl/N-ethyl adjacent to an activating group) is 1. The van der Waals surface area contributed by atoms with Crippen LogP contribution in [0.1, 0.15) is 26.7 Å². The van der Waals surface area contributed by atoms with E-state index in [0.717, 1.165) is 19.5 Å². The summed E-state index contributed by atoms with van der Waals surface area (Å²) in [7, 11) is 0. The minimum Gasteiger partial charge on any atom is -0.372 e. The zero-order valence-corrected chi connectivity index (χ0v) is 8.66. The summed E-state index contributed by atoms with van der Waals surface area (Å²) < 4.78 is 0. The first kappa shape index (κ1) is 10.1. The van der Waals surface area contributed by atoms with Crippen molar-refractivity contribution in [3.05, 3.63) is 36.1 Å². The maximum Gasteiger partial charge on any atom is 0.0362 e. The Hall–Kier alpha value is -0.980. The van der Waals surface area contributed by atoms with Crippen LogP contribution in [0.2, 0.25) is 0 Å². The molecule has 0 N–H and O–H groups in total. The zero-order valence-electron chi connectivity index (χ0n) is 8.66. The first-order valence-corrected chi connectivity index (χ1v) is 5.16. The van der Waals surface area contributed by atoms with Crippen LogP contribution in [0.5, 0.6) is 0 Å². The minimum atomic E-state index is 1.08. The molecule has 0 aromatic heterocycles. The van der Waals surface area contributed by atoms with Gasteiger partial charge in [-0.2, -0.15) is 0 Å². The quantitative estimate of drug-likeness (QED) is 0.640. The SMILES string of the molecule is CCN(CC)C1=CC=CCCC=C1. The minimum absolute atomic E-state index is 1.08. The van der Waals surface area contributed by atoms with E-state index in [1.54, 1.807) is 0 Å². The average Bonchev–Trinajstić information content (AvgIpc) is 2.09. The molecule has 0 aliphatic heterocycles. The van der Waals surface area contributed by atoms with Gasteiger partial charge in [-0.15, -0.1) is 0 Å². The first-order valence-electron chi connectivity index (χ1n) is 5.16. The van der Waals surface area contributed by atoms with E-state index in [9.17, 15) is 0 Å². The van der Waals surface area contributed by atoms with Crippen LogP contribution in [0.25, 0.3) is 0 Å². The summed E-state index contributed by atoms with van der Waals surface area (Å²) in [6.07, 6.45) is 13.4. The lowest BCUT2D eigenvalue weighted by Gasteiger charge is -2.22. The van der Waals surface area contributed by atoms with Crippen LogP contribution >= 0.6 is 0 Å². The normalized spacial score (nSPS) is 16.3. The van der Waals surface area contributed by atoms with Gasteiger partial charge in [0.15, 0.2) is 0 Å². The van der Waals surface area contributed by atoms with Crippen LogP contribution in [0, 0.1) is 0 Å². The van der Waals surface area contributed by atoms with Crippen molar-refractivity contribution in [1.29, 1.82) is 0 Å². The number of allylic oxidation sites excluding steroid dienone is 5. The van der Waals surface area contributed by atoms with Gasteiger partial charge in [0, 0.05) is 18.8 Å². The molecule has 0 aromatic rings. The fraction of sp³-hybridized carbons (Fsp3) is 0.500. The highest BCUT2D eigenvalue weighted by Gasteiger charge is 2.00. The Bertz CT molecular complexity index is 219. The van der Waals surface area contributed by atoms with Crippen LogP contribution in [0.15, 0.2) is 36.1 Å². The standard InChI is InChI=1S/C12H19N/c1-3-13(4-2)12-10-8-6-5-7-9-11-12/h6,8-11H,3-5,7H2,1-2H3. The smallest absolute Gasteiger partial charge is 0.0362 e. The van der Waals surface area contributed by atoms with Gasteiger partial charge >= 0.3 is 0 Å². The molecular formula is C12H19N. The highest BCUT2D eigenvalue weighted by Crippen LogP contribution is 2.09. The summed E-state index contributed by atoms with van der Waals surface area (Å²) >= 11 is 0. The molecule has 72 valence electrons. The fourth-order valence-corrected chi connectivity index (χ4v) is 1.51. The lowest BCUT2D eigenvalue weighted by atomic mass is 10.2. The van der Waals surface area contributed by atoms with E-state index in [1.165, 1.54) is 12.1 Å². The molecule has 1 heteroatoms. The summed E-state index contributed by atoms with van der Waals surface area (Å²) in [6, 6.07) is 0. The van der Waals surface area contributed by atoms with E-state index in [1.807, 2.05) is 0 Å². The Morgan fingerprint density at radius 3 is 2.54 bits per heavy atom. The molecule has 0 unspecified atom stereocenters. The molecule has 13 heavy (non-hydrogen) atoms. The van der Waals surface area contributed by atoms with Gasteiger partial charge in [-0.1, -0.05) is 18.2 Å². The molecule has 0 fully saturated rings. The molecule has 1 aliphatic rings. The lowest BCUT2D eigenvalue weighted by Crippen LogP contribution is -2.21. The van der Waals surface area contributed by atoms with Gasteiger partial charge in [0.2, 0.25) is 0 Å². The van der Waals surface area contributed by atoms with Gasteiger partial charge in [-0.3, -0.25) is 0 Å². The monoisotopic (exact) mass is 177 g/mol. The predicted octanol–water partition coefficient (Wildman–Crippen LogP) is 3.12. The van der Waals surface area contributed by atoms with Crippen molar-refractivity contribution in [2.24, 2.45) is 0 Å². The molecule has 1 nitrogen and oxygen atoms in total. The van der Waals surface area contributed by atoms with Crippen molar-refractivity contribution in [2.75, 3.05) is 13.1 Å². The number of nitrogens with zero attached hydrogens (tertiary/aromatic N) is 1. The van der Waals surface area contributed by atoms with Crippen molar-refractivity contribution in [3.8, 4) is 0 Å². The van der Waals surface area contributed by atoms with E-state index < -0.39 is 0 Å². The highest BCUT2D eigenvalue weighted by atomic mass is 15.1. The van der Waals surface area contributed by atoms with Crippen LogP contribution in [0.3, 0.4) is 0 Å². The van der Waals surface area contributed by atoms with E-state index >= 15 is 0 Å². The van der Waals surface area contributed by atoms with Gasteiger partial charge < -0.3 is 4.90 Å².